The molecule has 2 rings (SSSR count). The normalized spacial score (nSPS) is 25.0. The van der Waals surface area contributed by atoms with Crippen molar-refractivity contribution >= 4 is 27.5 Å². The van der Waals surface area contributed by atoms with Gasteiger partial charge in [-0.3, -0.25) is 4.90 Å². The van der Waals surface area contributed by atoms with E-state index in [9.17, 15) is 0 Å². The predicted octanol–water partition coefficient (Wildman–Crippen LogP) is 3.83. The highest BCUT2D eigenvalue weighted by atomic mass is 79.9. The van der Waals surface area contributed by atoms with Gasteiger partial charge in [0.15, 0.2) is 0 Å². The Kier molecular flexibility index (Phi) is 4.70. The smallest absolute Gasteiger partial charge is 0.0514 e. The van der Waals surface area contributed by atoms with Crippen LogP contribution in [0.15, 0.2) is 22.7 Å². The van der Waals surface area contributed by atoms with Crippen molar-refractivity contribution in [2.75, 3.05) is 13.1 Å². The van der Waals surface area contributed by atoms with Crippen molar-refractivity contribution in [3.8, 4) is 0 Å². The number of likely N-dealkylation sites (tertiary alicyclic amines) is 1. The zero-order valence-corrected chi connectivity index (χ0v) is 13.2. The van der Waals surface area contributed by atoms with E-state index in [2.05, 4.69) is 40.7 Å². The molecular formula is C14H20BrClN2. The van der Waals surface area contributed by atoms with Gasteiger partial charge in [0.25, 0.3) is 0 Å². The van der Waals surface area contributed by atoms with Crippen LogP contribution in [0.2, 0.25) is 5.02 Å². The quantitative estimate of drug-likeness (QED) is 0.912. The van der Waals surface area contributed by atoms with Crippen LogP contribution in [0.5, 0.6) is 0 Å². The lowest BCUT2D eigenvalue weighted by atomic mass is 10.00. The lowest BCUT2D eigenvalue weighted by Crippen LogP contribution is -2.34. The Morgan fingerprint density at radius 3 is 2.83 bits per heavy atom. The van der Waals surface area contributed by atoms with Gasteiger partial charge < -0.3 is 5.73 Å². The minimum atomic E-state index is 0.183. The number of hydrogen-bond donors (Lipinski definition) is 1. The fourth-order valence-corrected chi connectivity index (χ4v) is 3.51. The van der Waals surface area contributed by atoms with Gasteiger partial charge in [-0.15, -0.1) is 0 Å². The van der Waals surface area contributed by atoms with Gasteiger partial charge >= 0.3 is 0 Å². The number of halogens is 2. The molecule has 0 aliphatic carbocycles. The second-order valence-corrected chi connectivity index (χ2v) is 6.77. The molecule has 0 amide bonds. The Morgan fingerprint density at radius 1 is 1.50 bits per heavy atom. The topological polar surface area (TPSA) is 29.3 Å². The predicted molar refractivity (Wildman–Crippen MR) is 80.9 cm³/mol. The second kappa shape index (κ2) is 5.91. The van der Waals surface area contributed by atoms with Crippen LogP contribution in [0.25, 0.3) is 0 Å². The zero-order valence-electron chi connectivity index (χ0n) is 10.9. The molecule has 0 saturated carbocycles. The molecular weight excluding hydrogens is 312 g/mol. The lowest BCUT2D eigenvalue weighted by Gasteiger charge is -2.29. The maximum atomic E-state index is 6.36. The Balaban J connectivity index is 2.27. The van der Waals surface area contributed by atoms with Crippen molar-refractivity contribution in [2.45, 2.75) is 32.4 Å². The molecule has 0 aromatic heterocycles. The summed E-state index contributed by atoms with van der Waals surface area (Å²) in [6.07, 6.45) is 1.05. The van der Waals surface area contributed by atoms with Crippen molar-refractivity contribution < 1.29 is 0 Å². The van der Waals surface area contributed by atoms with E-state index in [-0.39, 0.29) is 12.1 Å². The molecule has 0 spiro atoms. The van der Waals surface area contributed by atoms with Crippen molar-refractivity contribution in [3.63, 3.8) is 0 Å². The van der Waals surface area contributed by atoms with Crippen LogP contribution in [0, 0.1) is 5.92 Å². The van der Waals surface area contributed by atoms with Gasteiger partial charge in [0.1, 0.15) is 0 Å². The van der Waals surface area contributed by atoms with Crippen molar-refractivity contribution in [1.29, 1.82) is 0 Å². The average Bonchev–Trinajstić information content (AvgIpc) is 2.60. The minimum absolute atomic E-state index is 0.183. The van der Waals surface area contributed by atoms with Gasteiger partial charge in [0.2, 0.25) is 0 Å². The molecule has 2 atom stereocenters. The van der Waals surface area contributed by atoms with E-state index in [0.29, 0.717) is 5.92 Å². The lowest BCUT2D eigenvalue weighted by molar-refractivity contribution is 0.221. The van der Waals surface area contributed by atoms with Crippen molar-refractivity contribution in [1.82, 2.24) is 4.90 Å². The van der Waals surface area contributed by atoms with Crippen molar-refractivity contribution in [2.24, 2.45) is 11.7 Å². The molecule has 18 heavy (non-hydrogen) atoms. The molecule has 1 aliphatic heterocycles. The number of rotatable bonds is 3. The molecule has 100 valence electrons. The van der Waals surface area contributed by atoms with Crippen LogP contribution >= 0.6 is 27.5 Å². The Bertz CT molecular complexity index is 422. The second-order valence-electron chi connectivity index (χ2n) is 5.45. The van der Waals surface area contributed by atoms with Crippen molar-refractivity contribution in [3.05, 3.63) is 33.3 Å². The van der Waals surface area contributed by atoms with E-state index in [4.69, 9.17) is 17.3 Å². The molecule has 1 aliphatic rings. The van der Waals surface area contributed by atoms with Crippen LogP contribution in [0.1, 0.15) is 31.9 Å². The number of nitrogens with zero attached hydrogens (tertiary/aromatic N) is 1. The molecule has 1 aromatic carbocycles. The number of nitrogens with two attached hydrogens (primary N) is 1. The Morgan fingerprint density at radius 2 is 2.22 bits per heavy atom. The van der Waals surface area contributed by atoms with Gasteiger partial charge in [-0.2, -0.15) is 0 Å². The molecule has 0 radical (unpaired) electrons. The first-order chi connectivity index (χ1) is 8.49. The maximum absolute atomic E-state index is 6.36. The van der Waals surface area contributed by atoms with Crippen LogP contribution in [0.3, 0.4) is 0 Å². The van der Waals surface area contributed by atoms with E-state index in [0.717, 1.165) is 34.6 Å². The minimum Gasteiger partial charge on any atom is -0.326 e. The Hall–Kier alpha value is -0.0900. The highest BCUT2D eigenvalue weighted by Crippen LogP contribution is 2.36. The number of benzene rings is 1. The highest BCUT2D eigenvalue weighted by Gasteiger charge is 2.34. The van der Waals surface area contributed by atoms with Crippen LogP contribution in [0.4, 0.5) is 0 Å². The molecule has 0 bridgehead atoms. The van der Waals surface area contributed by atoms with Crippen LogP contribution in [-0.4, -0.2) is 24.0 Å². The monoisotopic (exact) mass is 330 g/mol. The van der Waals surface area contributed by atoms with E-state index < -0.39 is 0 Å². The van der Waals surface area contributed by atoms with Crippen LogP contribution in [-0.2, 0) is 0 Å². The molecule has 4 heteroatoms. The molecule has 2 N–H and O–H groups in total. The molecule has 2 nitrogen and oxygen atoms in total. The van der Waals surface area contributed by atoms with E-state index >= 15 is 0 Å². The van der Waals surface area contributed by atoms with Gasteiger partial charge in [-0.05, 0) is 30.0 Å². The molecule has 1 saturated heterocycles. The van der Waals surface area contributed by atoms with E-state index in [1.807, 2.05) is 12.1 Å². The molecule has 2 unspecified atom stereocenters. The van der Waals surface area contributed by atoms with Crippen LogP contribution < -0.4 is 5.73 Å². The van der Waals surface area contributed by atoms with Gasteiger partial charge in [0.05, 0.1) is 6.04 Å². The largest absolute Gasteiger partial charge is 0.326 e. The molecule has 1 fully saturated rings. The standard InChI is InChI=1S/C14H20BrClN2/c1-9(2)8-18-6-5-13(17)14(18)11-4-3-10(15)7-12(11)16/h3-4,7,9,13-14H,5-6,8,17H2,1-2H3. The third kappa shape index (κ3) is 3.08. The summed E-state index contributed by atoms with van der Waals surface area (Å²) in [4.78, 5) is 2.46. The molecule has 1 aromatic rings. The van der Waals surface area contributed by atoms with E-state index in [1.54, 1.807) is 0 Å². The summed E-state index contributed by atoms with van der Waals surface area (Å²) < 4.78 is 1.01. The summed E-state index contributed by atoms with van der Waals surface area (Å²) in [7, 11) is 0. The fourth-order valence-electron chi connectivity index (χ4n) is 2.73. The summed E-state index contributed by atoms with van der Waals surface area (Å²) in [5, 5.41) is 0.806. The third-order valence-electron chi connectivity index (χ3n) is 3.43. The first kappa shape index (κ1) is 14.3. The average molecular weight is 332 g/mol. The Labute approximate surface area is 123 Å². The summed E-state index contributed by atoms with van der Waals surface area (Å²) in [5.74, 6) is 0.645. The van der Waals surface area contributed by atoms with Gasteiger partial charge in [-0.1, -0.05) is 47.4 Å². The summed E-state index contributed by atoms with van der Waals surface area (Å²) >= 11 is 9.81. The highest BCUT2D eigenvalue weighted by molar-refractivity contribution is 9.10. The first-order valence-corrected chi connectivity index (χ1v) is 7.60. The fraction of sp³-hybridized carbons (Fsp3) is 0.571. The van der Waals surface area contributed by atoms with E-state index in [1.165, 1.54) is 0 Å². The summed E-state index contributed by atoms with van der Waals surface area (Å²) in [6, 6.07) is 6.53. The summed E-state index contributed by atoms with van der Waals surface area (Å²) in [5.41, 5.74) is 7.43. The zero-order chi connectivity index (χ0) is 13.3. The van der Waals surface area contributed by atoms with Gasteiger partial charge in [0, 0.05) is 28.6 Å². The number of hydrogen-bond acceptors (Lipinski definition) is 2. The first-order valence-electron chi connectivity index (χ1n) is 6.43. The maximum Gasteiger partial charge on any atom is 0.0514 e. The molecule has 1 heterocycles. The summed E-state index contributed by atoms with van der Waals surface area (Å²) in [6.45, 7) is 6.62. The van der Waals surface area contributed by atoms with Gasteiger partial charge in [-0.25, -0.2) is 0 Å². The SMILES string of the molecule is CC(C)CN1CCC(N)C1c1ccc(Br)cc1Cl. The third-order valence-corrected chi connectivity index (χ3v) is 4.25.